The number of hydrogen-bond acceptors (Lipinski definition) is 3. The molecule has 0 N–H and O–H groups in total. The van der Waals surface area contributed by atoms with Gasteiger partial charge in [0.15, 0.2) is 5.78 Å². The number of rotatable bonds is 3. The molecule has 1 aromatic rings. The molecule has 0 amide bonds. The molecule has 1 aromatic heterocycles. The monoisotopic (exact) mass is 222 g/mol. The van der Waals surface area contributed by atoms with Crippen molar-refractivity contribution in [1.29, 1.82) is 0 Å². The van der Waals surface area contributed by atoms with Crippen LogP contribution < -0.4 is 0 Å². The molecule has 1 fully saturated rings. The zero-order valence-electron chi connectivity index (χ0n) is 9.85. The molecule has 16 heavy (non-hydrogen) atoms. The minimum Gasteiger partial charge on any atom is -0.376 e. The average molecular weight is 222 g/mol. The third kappa shape index (κ3) is 2.71. The van der Waals surface area contributed by atoms with Gasteiger partial charge in [-0.2, -0.15) is 0 Å². The van der Waals surface area contributed by atoms with Crippen LogP contribution in [-0.4, -0.2) is 47.6 Å². The van der Waals surface area contributed by atoms with Gasteiger partial charge in [0.1, 0.15) is 0 Å². The Kier molecular flexibility index (Phi) is 3.41. The number of carbonyl (C=O) groups is 1. The summed E-state index contributed by atoms with van der Waals surface area (Å²) in [4.78, 5) is 14.1. The summed E-state index contributed by atoms with van der Waals surface area (Å²) in [6.07, 6.45) is 4.00. The molecular weight excluding hydrogens is 204 g/mol. The Morgan fingerprint density at radius 3 is 3.06 bits per heavy atom. The first-order chi connectivity index (χ1) is 7.65. The third-order valence-corrected chi connectivity index (χ3v) is 2.85. The molecule has 2 rings (SSSR count). The third-order valence-electron chi connectivity index (χ3n) is 2.85. The van der Waals surface area contributed by atoms with Crippen LogP contribution in [-0.2, 0) is 11.8 Å². The van der Waals surface area contributed by atoms with Gasteiger partial charge in [0.05, 0.1) is 19.3 Å². The van der Waals surface area contributed by atoms with E-state index in [0.717, 1.165) is 25.3 Å². The second-order valence-corrected chi connectivity index (χ2v) is 4.41. The molecule has 0 spiro atoms. The Morgan fingerprint density at radius 2 is 2.44 bits per heavy atom. The first-order valence-electron chi connectivity index (χ1n) is 5.64. The molecule has 1 atom stereocenters. The maximum atomic E-state index is 11.9. The standard InChI is InChI=1S/C12H18N2O2/c1-10-7-14(5-6-16-10)9-12(15)11-3-4-13(2)8-11/h3-4,8,10H,5-7,9H2,1-2H3. The molecule has 0 bridgehead atoms. The number of morpholine rings is 1. The highest BCUT2D eigenvalue weighted by Crippen LogP contribution is 2.07. The van der Waals surface area contributed by atoms with Crippen molar-refractivity contribution >= 4 is 5.78 Å². The van der Waals surface area contributed by atoms with Crippen molar-refractivity contribution < 1.29 is 9.53 Å². The fourth-order valence-electron chi connectivity index (χ4n) is 2.00. The second-order valence-electron chi connectivity index (χ2n) is 4.41. The smallest absolute Gasteiger partial charge is 0.178 e. The minimum absolute atomic E-state index is 0.190. The van der Waals surface area contributed by atoms with Crippen LogP contribution in [0.4, 0.5) is 0 Å². The van der Waals surface area contributed by atoms with Crippen LogP contribution >= 0.6 is 0 Å². The second kappa shape index (κ2) is 4.80. The van der Waals surface area contributed by atoms with E-state index < -0.39 is 0 Å². The minimum atomic E-state index is 0.190. The summed E-state index contributed by atoms with van der Waals surface area (Å²) in [5.41, 5.74) is 0.793. The summed E-state index contributed by atoms with van der Waals surface area (Å²) < 4.78 is 7.34. The summed E-state index contributed by atoms with van der Waals surface area (Å²) in [5.74, 6) is 0.190. The summed E-state index contributed by atoms with van der Waals surface area (Å²) in [6.45, 7) is 4.96. The number of ether oxygens (including phenoxy) is 1. The highest BCUT2D eigenvalue weighted by molar-refractivity contribution is 5.97. The van der Waals surface area contributed by atoms with Gasteiger partial charge in [-0.25, -0.2) is 0 Å². The molecule has 4 nitrogen and oxygen atoms in total. The molecule has 1 aliphatic rings. The quantitative estimate of drug-likeness (QED) is 0.713. The molecule has 1 unspecified atom stereocenters. The topological polar surface area (TPSA) is 34.5 Å². The van der Waals surface area contributed by atoms with Gasteiger partial charge in [0.25, 0.3) is 0 Å². The van der Waals surface area contributed by atoms with Crippen molar-refractivity contribution in [1.82, 2.24) is 9.47 Å². The van der Waals surface area contributed by atoms with Crippen molar-refractivity contribution in [3.63, 3.8) is 0 Å². The van der Waals surface area contributed by atoms with Gasteiger partial charge in [-0.05, 0) is 13.0 Å². The van der Waals surface area contributed by atoms with E-state index in [0.29, 0.717) is 6.54 Å². The lowest BCUT2D eigenvalue weighted by molar-refractivity contribution is -0.0158. The summed E-state index contributed by atoms with van der Waals surface area (Å²) in [7, 11) is 1.92. The molecular formula is C12H18N2O2. The van der Waals surface area contributed by atoms with Crippen LogP contribution in [0.15, 0.2) is 18.5 Å². The Bertz CT molecular complexity index is 373. The number of aromatic nitrogens is 1. The van der Waals surface area contributed by atoms with E-state index in [-0.39, 0.29) is 11.9 Å². The normalized spacial score (nSPS) is 22.2. The lowest BCUT2D eigenvalue weighted by Gasteiger charge is -2.30. The van der Waals surface area contributed by atoms with Crippen molar-refractivity contribution in [3.05, 3.63) is 24.0 Å². The fraction of sp³-hybridized carbons (Fsp3) is 0.583. The van der Waals surface area contributed by atoms with E-state index in [9.17, 15) is 4.79 Å². The van der Waals surface area contributed by atoms with Crippen LogP contribution in [0.3, 0.4) is 0 Å². The van der Waals surface area contributed by atoms with E-state index >= 15 is 0 Å². The number of ketones is 1. The number of nitrogens with zero attached hydrogens (tertiary/aromatic N) is 2. The van der Waals surface area contributed by atoms with E-state index in [1.165, 1.54) is 0 Å². The molecule has 0 aliphatic carbocycles. The van der Waals surface area contributed by atoms with Gasteiger partial charge in [0.2, 0.25) is 0 Å². The summed E-state index contributed by atoms with van der Waals surface area (Å²) in [6, 6.07) is 1.87. The fourth-order valence-corrected chi connectivity index (χ4v) is 2.00. The van der Waals surface area contributed by atoms with E-state index in [1.54, 1.807) is 0 Å². The van der Waals surface area contributed by atoms with E-state index in [2.05, 4.69) is 4.90 Å². The Labute approximate surface area is 95.8 Å². The largest absolute Gasteiger partial charge is 0.376 e. The van der Waals surface area contributed by atoms with Crippen molar-refractivity contribution in [2.75, 3.05) is 26.2 Å². The van der Waals surface area contributed by atoms with Crippen LogP contribution in [0.2, 0.25) is 0 Å². The molecule has 0 radical (unpaired) electrons. The Balaban J connectivity index is 1.92. The van der Waals surface area contributed by atoms with Gasteiger partial charge >= 0.3 is 0 Å². The summed E-state index contributed by atoms with van der Waals surface area (Å²) >= 11 is 0. The predicted octanol–water partition coefficient (Wildman–Crippen LogP) is 0.929. The van der Waals surface area contributed by atoms with Gasteiger partial charge in [-0.15, -0.1) is 0 Å². The zero-order valence-corrected chi connectivity index (χ0v) is 9.85. The van der Waals surface area contributed by atoms with Gasteiger partial charge in [0, 0.05) is 38.1 Å². The highest BCUT2D eigenvalue weighted by Gasteiger charge is 2.19. The van der Waals surface area contributed by atoms with E-state index in [4.69, 9.17) is 4.74 Å². The van der Waals surface area contributed by atoms with Crippen LogP contribution in [0.5, 0.6) is 0 Å². The van der Waals surface area contributed by atoms with Crippen LogP contribution in [0.1, 0.15) is 17.3 Å². The average Bonchev–Trinajstić information content (AvgIpc) is 2.65. The molecule has 88 valence electrons. The molecule has 1 aliphatic heterocycles. The number of aryl methyl sites for hydroxylation is 1. The van der Waals surface area contributed by atoms with Gasteiger partial charge in [-0.1, -0.05) is 0 Å². The first-order valence-corrected chi connectivity index (χ1v) is 5.64. The van der Waals surface area contributed by atoms with Crippen LogP contribution in [0, 0.1) is 0 Å². The maximum Gasteiger partial charge on any atom is 0.178 e. The molecule has 2 heterocycles. The van der Waals surface area contributed by atoms with Gasteiger partial charge in [-0.3, -0.25) is 9.69 Å². The summed E-state index contributed by atoms with van der Waals surface area (Å²) in [5, 5.41) is 0. The Hall–Kier alpha value is -1.13. The maximum absolute atomic E-state index is 11.9. The molecule has 4 heteroatoms. The number of carbonyl (C=O) groups excluding carboxylic acids is 1. The molecule has 0 aromatic carbocycles. The lowest BCUT2D eigenvalue weighted by atomic mass is 10.2. The molecule has 0 saturated carbocycles. The lowest BCUT2D eigenvalue weighted by Crippen LogP contribution is -2.43. The van der Waals surface area contributed by atoms with E-state index in [1.807, 2.05) is 37.0 Å². The number of Topliss-reactive ketones (excluding diaryl/α,β-unsaturated/α-hetero) is 1. The number of hydrogen-bond donors (Lipinski definition) is 0. The van der Waals surface area contributed by atoms with Crippen LogP contribution in [0.25, 0.3) is 0 Å². The zero-order chi connectivity index (χ0) is 11.5. The predicted molar refractivity (Wildman–Crippen MR) is 61.6 cm³/mol. The highest BCUT2D eigenvalue weighted by atomic mass is 16.5. The SMILES string of the molecule is CC1CN(CC(=O)c2ccn(C)c2)CCO1. The van der Waals surface area contributed by atoms with Crippen molar-refractivity contribution in [3.8, 4) is 0 Å². The van der Waals surface area contributed by atoms with Gasteiger partial charge < -0.3 is 9.30 Å². The van der Waals surface area contributed by atoms with Crippen molar-refractivity contribution in [2.45, 2.75) is 13.0 Å². The Morgan fingerprint density at radius 1 is 1.62 bits per heavy atom. The first kappa shape index (κ1) is 11.4. The van der Waals surface area contributed by atoms with Crippen molar-refractivity contribution in [2.24, 2.45) is 7.05 Å². The molecule has 1 saturated heterocycles.